The molecule has 0 radical (unpaired) electrons. The lowest BCUT2D eigenvalue weighted by Gasteiger charge is -2.14. The lowest BCUT2D eigenvalue weighted by Crippen LogP contribution is -1.95. The smallest absolute Gasteiger partial charge is 0.155 e. The van der Waals surface area contributed by atoms with E-state index in [9.17, 15) is 8.78 Å². The van der Waals surface area contributed by atoms with Crippen LogP contribution in [0.1, 0.15) is 0 Å². The molecule has 3 aromatic rings. The first-order chi connectivity index (χ1) is 11.6. The van der Waals surface area contributed by atoms with Crippen molar-refractivity contribution in [2.75, 3.05) is 0 Å². The van der Waals surface area contributed by atoms with Crippen LogP contribution in [0.25, 0.3) is 0 Å². The lowest BCUT2D eigenvalue weighted by atomic mass is 10.3. The van der Waals surface area contributed by atoms with Crippen molar-refractivity contribution in [2.24, 2.45) is 0 Å². The van der Waals surface area contributed by atoms with Gasteiger partial charge < -0.3 is 0 Å². The van der Waals surface area contributed by atoms with Crippen LogP contribution >= 0.6 is 55.4 Å². The van der Waals surface area contributed by atoms with Gasteiger partial charge in [-0.2, -0.15) is 0 Å². The highest BCUT2D eigenvalue weighted by molar-refractivity contribution is 9.11. The van der Waals surface area contributed by atoms with Crippen molar-refractivity contribution in [1.82, 2.24) is 0 Å². The number of hydrogen-bond acceptors (Lipinski definition) is 2. The van der Waals surface area contributed by atoms with Gasteiger partial charge in [0.2, 0.25) is 0 Å². The molecule has 0 saturated heterocycles. The van der Waals surface area contributed by atoms with Gasteiger partial charge in [0.15, 0.2) is 11.6 Å². The molecule has 0 unspecified atom stereocenters. The largest absolute Gasteiger partial charge is 0.204 e. The molecule has 3 rings (SSSR count). The van der Waals surface area contributed by atoms with E-state index in [4.69, 9.17) is 0 Å². The number of halogens is 4. The van der Waals surface area contributed by atoms with E-state index in [0.717, 1.165) is 9.79 Å². The minimum Gasteiger partial charge on any atom is -0.204 e. The summed E-state index contributed by atoms with van der Waals surface area (Å²) < 4.78 is 29.4. The molecule has 0 fully saturated rings. The fourth-order valence-electron chi connectivity index (χ4n) is 1.98. The van der Waals surface area contributed by atoms with Crippen molar-refractivity contribution in [2.45, 2.75) is 19.6 Å². The van der Waals surface area contributed by atoms with Crippen LogP contribution in [0.5, 0.6) is 0 Å². The Balaban J connectivity index is 2.06. The highest BCUT2D eigenvalue weighted by atomic mass is 79.9. The van der Waals surface area contributed by atoms with Gasteiger partial charge in [0.1, 0.15) is 0 Å². The third-order valence-corrected chi connectivity index (χ3v) is 7.31. The van der Waals surface area contributed by atoms with Crippen molar-refractivity contribution in [3.63, 3.8) is 0 Å². The van der Waals surface area contributed by atoms with Crippen LogP contribution < -0.4 is 0 Å². The summed E-state index contributed by atoms with van der Waals surface area (Å²) in [7, 11) is 0. The van der Waals surface area contributed by atoms with Gasteiger partial charge in [-0.05, 0) is 56.1 Å². The van der Waals surface area contributed by atoms with E-state index in [1.165, 1.54) is 23.5 Å². The van der Waals surface area contributed by atoms with E-state index in [1.807, 2.05) is 60.7 Å². The van der Waals surface area contributed by atoms with Crippen LogP contribution in [0.2, 0.25) is 0 Å². The minimum atomic E-state index is -0.606. The molecule has 6 heteroatoms. The zero-order valence-electron chi connectivity index (χ0n) is 12.1. The molecular formula is C18H10Br2F2S2. The maximum atomic E-state index is 14.6. The van der Waals surface area contributed by atoms with Gasteiger partial charge in [-0.3, -0.25) is 0 Å². The molecule has 0 heterocycles. The summed E-state index contributed by atoms with van der Waals surface area (Å²) in [6, 6.07) is 18.9. The van der Waals surface area contributed by atoms with Crippen LogP contribution in [-0.4, -0.2) is 0 Å². The fraction of sp³-hybridized carbons (Fsp3) is 0. The Bertz CT molecular complexity index is 787. The summed E-state index contributed by atoms with van der Waals surface area (Å²) in [5, 5.41) is 0. The van der Waals surface area contributed by atoms with Gasteiger partial charge in [0.05, 0.1) is 18.7 Å². The second-order valence-electron chi connectivity index (χ2n) is 4.74. The Morgan fingerprint density at radius 2 is 0.958 bits per heavy atom. The van der Waals surface area contributed by atoms with Crippen LogP contribution in [0.3, 0.4) is 0 Å². The van der Waals surface area contributed by atoms with Gasteiger partial charge in [-0.15, -0.1) is 0 Å². The predicted octanol–water partition coefficient (Wildman–Crippen LogP) is 7.79. The Kier molecular flexibility index (Phi) is 6.02. The summed E-state index contributed by atoms with van der Waals surface area (Å²) >= 11 is 8.95. The normalized spacial score (nSPS) is 10.8. The van der Waals surface area contributed by atoms with E-state index in [2.05, 4.69) is 31.9 Å². The summed E-state index contributed by atoms with van der Waals surface area (Å²) in [6.45, 7) is 0. The van der Waals surface area contributed by atoms with E-state index < -0.39 is 11.6 Å². The van der Waals surface area contributed by atoms with Gasteiger partial charge in [-0.1, -0.05) is 59.9 Å². The molecule has 0 aliphatic carbocycles. The highest BCUT2D eigenvalue weighted by Crippen LogP contribution is 2.46. The second-order valence-corrected chi connectivity index (χ2v) is 8.50. The quantitative estimate of drug-likeness (QED) is 0.272. The van der Waals surface area contributed by atoms with Gasteiger partial charge in [-0.25, -0.2) is 8.78 Å². The van der Waals surface area contributed by atoms with Gasteiger partial charge >= 0.3 is 0 Å². The van der Waals surface area contributed by atoms with Crippen molar-refractivity contribution in [1.29, 1.82) is 0 Å². The zero-order valence-corrected chi connectivity index (χ0v) is 16.9. The van der Waals surface area contributed by atoms with Crippen LogP contribution in [0, 0.1) is 11.6 Å². The molecule has 0 nitrogen and oxygen atoms in total. The Morgan fingerprint density at radius 3 is 1.33 bits per heavy atom. The van der Waals surface area contributed by atoms with E-state index in [1.54, 1.807) is 0 Å². The molecular weight excluding hydrogens is 478 g/mol. The van der Waals surface area contributed by atoms with Crippen molar-refractivity contribution < 1.29 is 8.78 Å². The number of rotatable bonds is 4. The highest BCUT2D eigenvalue weighted by Gasteiger charge is 2.23. The van der Waals surface area contributed by atoms with Crippen LogP contribution in [0.15, 0.2) is 89.2 Å². The second kappa shape index (κ2) is 8.04. The first kappa shape index (κ1) is 18.0. The van der Waals surface area contributed by atoms with Crippen LogP contribution in [-0.2, 0) is 0 Å². The van der Waals surface area contributed by atoms with Crippen molar-refractivity contribution >= 4 is 55.4 Å². The average molecular weight is 488 g/mol. The van der Waals surface area contributed by atoms with Gasteiger partial charge in [0, 0.05) is 9.79 Å². The SMILES string of the molecule is Fc1c(Br)c(F)c(Sc2ccccc2)c(Br)c1Sc1ccccc1. The lowest BCUT2D eigenvalue weighted by molar-refractivity contribution is 0.534. The molecule has 0 N–H and O–H groups in total. The molecule has 3 aromatic carbocycles. The molecule has 0 aliphatic heterocycles. The predicted molar refractivity (Wildman–Crippen MR) is 103 cm³/mol. The Hall–Kier alpha value is -0.820. The summed E-state index contributed by atoms with van der Waals surface area (Å²) in [5.41, 5.74) is 0. The number of benzene rings is 3. The first-order valence-corrected chi connectivity index (χ1v) is 10.1. The van der Waals surface area contributed by atoms with E-state index in [0.29, 0.717) is 14.3 Å². The third kappa shape index (κ3) is 3.87. The summed E-state index contributed by atoms with van der Waals surface area (Å²) in [6.07, 6.45) is 0. The first-order valence-electron chi connectivity index (χ1n) is 6.89. The number of hydrogen-bond donors (Lipinski definition) is 0. The molecule has 24 heavy (non-hydrogen) atoms. The molecule has 0 aromatic heterocycles. The Labute approximate surface area is 164 Å². The van der Waals surface area contributed by atoms with E-state index >= 15 is 0 Å². The van der Waals surface area contributed by atoms with Gasteiger partial charge in [0.25, 0.3) is 0 Å². The average Bonchev–Trinajstić information content (AvgIpc) is 2.62. The van der Waals surface area contributed by atoms with E-state index in [-0.39, 0.29) is 4.47 Å². The monoisotopic (exact) mass is 486 g/mol. The summed E-state index contributed by atoms with van der Waals surface area (Å²) in [4.78, 5) is 2.47. The molecule has 0 amide bonds. The molecule has 0 spiro atoms. The fourth-order valence-corrected chi connectivity index (χ4v) is 5.37. The molecule has 0 saturated carbocycles. The molecule has 122 valence electrons. The topological polar surface area (TPSA) is 0 Å². The van der Waals surface area contributed by atoms with Crippen LogP contribution in [0.4, 0.5) is 8.78 Å². The molecule has 0 atom stereocenters. The summed E-state index contributed by atoms with van der Waals surface area (Å²) in [5.74, 6) is -1.21. The third-order valence-electron chi connectivity index (χ3n) is 3.11. The van der Waals surface area contributed by atoms with Crippen molar-refractivity contribution in [3.8, 4) is 0 Å². The minimum absolute atomic E-state index is 0.150. The molecule has 0 aliphatic rings. The Morgan fingerprint density at radius 1 is 0.583 bits per heavy atom. The maximum absolute atomic E-state index is 14.6. The maximum Gasteiger partial charge on any atom is 0.155 e. The van der Waals surface area contributed by atoms with Crippen molar-refractivity contribution in [3.05, 3.63) is 81.2 Å². The zero-order chi connectivity index (χ0) is 17.1. The molecule has 0 bridgehead atoms. The standard InChI is InChI=1S/C18H10Br2F2S2/c19-13-15(21)17(23-11-7-3-1-4-8-11)14(20)18(16(13)22)24-12-9-5-2-6-10-12/h1-10H.